The van der Waals surface area contributed by atoms with E-state index in [0.717, 1.165) is 5.56 Å². The monoisotopic (exact) mass is 377 g/mol. The van der Waals surface area contributed by atoms with Crippen LogP contribution in [0, 0.1) is 6.92 Å². The number of benzene rings is 2. The van der Waals surface area contributed by atoms with Gasteiger partial charge >= 0.3 is 10.1 Å². The number of nitrogens with zero attached hydrogens (tertiary/aromatic N) is 1. The molecule has 0 radical (unpaired) electrons. The van der Waals surface area contributed by atoms with Crippen LogP contribution < -0.4 is 4.18 Å². The topological polar surface area (TPSA) is 55.8 Å². The van der Waals surface area contributed by atoms with Crippen molar-refractivity contribution < 1.29 is 17.3 Å². The maximum Gasteiger partial charge on any atom is 0.339 e. The SMILES string of the molecule is Cc1ccc(S(=O)(=O)Oc2ccccc2C(=S)N2CCOCC2)cc1. The summed E-state index contributed by atoms with van der Waals surface area (Å²) in [4.78, 5) is 2.68. The Kier molecular flexibility index (Phi) is 5.36. The van der Waals surface area contributed by atoms with Crippen LogP contribution in [-0.4, -0.2) is 44.6 Å². The number of ether oxygens (including phenoxy) is 1. The van der Waals surface area contributed by atoms with E-state index in [-0.39, 0.29) is 10.6 Å². The summed E-state index contributed by atoms with van der Waals surface area (Å²) in [6.07, 6.45) is 0. The highest BCUT2D eigenvalue weighted by atomic mass is 32.2. The van der Waals surface area contributed by atoms with Gasteiger partial charge in [-0.15, -0.1) is 0 Å². The number of thiocarbonyl (C=S) groups is 1. The summed E-state index contributed by atoms with van der Waals surface area (Å²) in [7, 11) is -3.92. The Morgan fingerprint density at radius 3 is 2.40 bits per heavy atom. The highest BCUT2D eigenvalue weighted by Crippen LogP contribution is 2.25. The van der Waals surface area contributed by atoms with E-state index in [1.54, 1.807) is 30.3 Å². The number of para-hydroxylation sites is 1. The van der Waals surface area contributed by atoms with Crippen molar-refractivity contribution in [3.05, 3.63) is 59.7 Å². The van der Waals surface area contributed by atoms with Crippen molar-refractivity contribution in [3.8, 4) is 5.75 Å². The van der Waals surface area contributed by atoms with Crippen LogP contribution in [0.1, 0.15) is 11.1 Å². The normalized spacial score (nSPS) is 15.0. The number of morpholine rings is 1. The van der Waals surface area contributed by atoms with E-state index in [1.165, 1.54) is 12.1 Å². The van der Waals surface area contributed by atoms with Crippen LogP contribution in [0.5, 0.6) is 5.75 Å². The number of hydrogen-bond acceptors (Lipinski definition) is 5. The summed E-state index contributed by atoms with van der Waals surface area (Å²) in [5, 5.41) is 0. The number of hydrogen-bond donors (Lipinski definition) is 0. The molecule has 0 unspecified atom stereocenters. The van der Waals surface area contributed by atoms with Crippen molar-refractivity contribution in [1.29, 1.82) is 0 Å². The lowest BCUT2D eigenvalue weighted by atomic mass is 10.2. The Hall–Kier alpha value is -1.96. The zero-order valence-electron chi connectivity index (χ0n) is 13.8. The molecule has 0 aliphatic carbocycles. The molecule has 7 heteroatoms. The lowest BCUT2D eigenvalue weighted by molar-refractivity contribution is 0.0692. The zero-order valence-corrected chi connectivity index (χ0v) is 15.5. The van der Waals surface area contributed by atoms with Gasteiger partial charge in [0.2, 0.25) is 0 Å². The highest BCUT2D eigenvalue weighted by molar-refractivity contribution is 7.87. The van der Waals surface area contributed by atoms with E-state index in [0.29, 0.717) is 36.9 Å². The number of rotatable bonds is 4. The first-order valence-electron chi connectivity index (χ1n) is 7.94. The first-order valence-corrected chi connectivity index (χ1v) is 9.76. The first kappa shape index (κ1) is 17.8. The van der Waals surface area contributed by atoms with Crippen molar-refractivity contribution in [1.82, 2.24) is 4.90 Å². The highest BCUT2D eigenvalue weighted by Gasteiger charge is 2.22. The molecule has 1 saturated heterocycles. The molecule has 1 aliphatic heterocycles. The molecule has 0 saturated carbocycles. The second-order valence-electron chi connectivity index (χ2n) is 5.75. The van der Waals surface area contributed by atoms with E-state index in [9.17, 15) is 8.42 Å². The molecule has 0 atom stereocenters. The van der Waals surface area contributed by atoms with Crippen molar-refractivity contribution in [3.63, 3.8) is 0 Å². The third-order valence-electron chi connectivity index (χ3n) is 3.92. The van der Waals surface area contributed by atoms with Crippen LogP contribution in [-0.2, 0) is 14.9 Å². The van der Waals surface area contributed by atoms with Crippen LogP contribution >= 0.6 is 12.2 Å². The van der Waals surface area contributed by atoms with E-state index in [1.807, 2.05) is 17.9 Å². The molecule has 1 aliphatic rings. The molecule has 5 nitrogen and oxygen atoms in total. The Bertz CT molecular complexity index is 857. The van der Waals surface area contributed by atoms with Crippen molar-refractivity contribution >= 4 is 27.3 Å². The maximum atomic E-state index is 12.6. The minimum Gasteiger partial charge on any atom is -0.378 e. The first-order chi connectivity index (χ1) is 12.0. The van der Waals surface area contributed by atoms with E-state index in [4.69, 9.17) is 21.1 Å². The second kappa shape index (κ2) is 7.51. The molecule has 3 rings (SSSR count). The molecule has 1 fully saturated rings. The van der Waals surface area contributed by atoms with Crippen LogP contribution in [0.15, 0.2) is 53.4 Å². The van der Waals surface area contributed by atoms with Gasteiger partial charge in [0.15, 0.2) is 5.75 Å². The van der Waals surface area contributed by atoms with Crippen LogP contribution in [0.25, 0.3) is 0 Å². The average Bonchev–Trinajstić information content (AvgIpc) is 2.62. The van der Waals surface area contributed by atoms with Gasteiger partial charge < -0.3 is 13.8 Å². The molecule has 0 N–H and O–H groups in total. The van der Waals surface area contributed by atoms with Gasteiger partial charge in [-0.05, 0) is 31.2 Å². The maximum absolute atomic E-state index is 12.6. The van der Waals surface area contributed by atoms with Gasteiger partial charge in [0.05, 0.1) is 18.8 Å². The van der Waals surface area contributed by atoms with E-state index < -0.39 is 10.1 Å². The fourth-order valence-corrected chi connectivity index (χ4v) is 3.82. The summed E-state index contributed by atoms with van der Waals surface area (Å²) in [6.45, 7) is 4.46. The summed E-state index contributed by atoms with van der Waals surface area (Å²) in [5.41, 5.74) is 1.57. The minimum atomic E-state index is -3.92. The summed E-state index contributed by atoms with van der Waals surface area (Å²) < 4.78 is 35.9. The quantitative estimate of drug-likeness (QED) is 0.603. The number of aryl methyl sites for hydroxylation is 1. The van der Waals surface area contributed by atoms with Gasteiger partial charge in [0, 0.05) is 13.1 Å². The molecular weight excluding hydrogens is 358 g/mol. The Morgan fingerprint density at radius 2 is 1.72 bits per heavy atom. The third-order valence-corrected chi connectivity index (χ3v) is 5.65. The molecule has 0 bridgehead atoms. The van der Waals surface area contributed by atoms with Gasteiger partial charge in [-0.1, -0.05) is 42.0 Å². The van der Waals surface area contributed by atoms with E-state index in [2.05, 4.69) is 0 Å². The summed E-state index contributed by atoms with van der Waals surface area (Å²) >= 11 is 5.55. The standard InChI is InChI=1S/C18H19NO4S2/c1-14-6-8-15(9-7-14)25(20,21)23-17-5-3-2-4-16(17)18(24)19-10-12-22-13-11-19/h2-9H,10-13H2,1H3. The predicted octanol–water partition coefficient (Wildman–Crippen LogP) is 2.77. The lowest BCUT2D eigenvalue weighted by Gasteiger charge is -2.29. The second-order valence-corrected chi connectivity index (χ2v) is 7.68. The van der Waals surface area contributed by atoms with Gasteiger partial charge in [-0.25, -0.2) is 0 Å². The zero-order chi connectivity index (χ0) is 17.9. The van der Waals surface area contributed by atoms with Crippen LogP contribution in [0.2, 0.25) is 0 Å². The molecule has 1 heterocycles. The van der Waals surface area contributed by atoms with E-state index >= 15 is 0 Å². The Labute approximate surface area is 153 Å². The van der Waals surface area contributed by atoms with Gasteiger partial charge in [-0.3, -0.25) is 0 Å². The molecule has 0 amide bonds. The third kappa shape index (κ3) is 4.18. The molecular formula is C18H19NO4S2. The molecule has 2 aromatic carbocycles. The van der Waals surface area contributed by atoms with Crippen molar-refractivity contribution in [2.75, 3.05) is 26.3 Å². The van der Waals surface area contributed by atoms with Crippen LogP contribution in [0.3, 0.4) is 0 Å². The average molecular weight is 377 g/mol. The van der Waals surface area contributed by atoms with Crippen LogP contribution in [0.4, 0.5) is 0 Å². The van der Waals surface area contributed by atoms with Gasteiger partial charge in [0.25, 0.3) is 0 Å². The fourth-order valence-electron chi connectivity index (χ4n) is 2.52. The minimum absolute atomic E-state index is 0.116. The summed E-state index contributed by atoms with van der Waals surface area (Å²) in [5.74, 6) is 0.236. The Morgan fingerprint density at radius 1 is 1.08 bits per heavy atom. The predicted molar refractivity (Wildman–Crippen MR) is 99.5 cm³/mol. The Balaban J connectivity index is 1.88. The largest absolute Gasteiger partial charge is 0.378 e. The fraction of sp³-hybridized carbons (Fsp3) is 0.278. The summed E-state index contributed by atoms with van der Waals surface area (Å²) in [6, 6.07) is 13.5. The molecule has 25 heavy (non-hydrogen) atoms. The molecule has 0 aromatic heterocycles. The van der Waals surface area contributed by atoms with Crippen molar-refractivity contribution in [2.24, 2.45) is 0 Å². The molecule has 2 aromatic rings. The van der Waals surface area contributed by atoms with Gasteiger partial charge in [-0.2, -0.15) is 8.42 Å². The molecule has 0 spiro atoms. The van der Waals surface area contributed by atoms with Crippen molar-refractivity contribution in [2.45, 2.75) is 11.8 Å². The molecule has 132 valence electrons. The lowest BCUT2D eigenvalue weighted by Crippen LogP contribution is -2.40. The smallest absolute Gasteiger partial charge is 0.339 e. The van der Waals surface area contributed by atoms with Gasteiger partial charge in [0.1, 0.15) is 9.88 Å².